The van der Waals surface area contributed by atoms with Gasteiger partial charge < -0.3 is 13.9 Å². The van der Waals surface area contributed by atoms with Crippen molar-refractivity contribution in [2.75, 3.05) is 13.2 Å². The summed E-state index contributed by atoms with van der Waals surface area (Å²) in [4.78, 5) is 9.73. The number of unbranched alkanes of at least 4 members (excludes halogenated alkanes) is 17. The first-order chi connectivity index (χ1) is 13.3. The number of rotatable bonds is 23. The van der Waals surface area contributed by atoms with E-state index in [2.05, 4.69) is 13.8 Å². The van der Waals surface area contributed by atoms with E-state index in [0.29, 0.717) is 13.2 Å². The second-order valence-electron chi connectivity index (χ2n) is 7.91. The Balaban J connectivity index is 3.12. The van der Waals surface area contributed by atoms with Crippen LogP contribution in [0.5, 0.6) is 0 Å². The molecule has 0 spiro atoms. The zero-order chi connectivity index (χ0) is 19.8. The van der Waals surface area contributed by atoms with Gasteiger partial charge in [0.1, 0.15) is 0 Å². The molecule has 3 nitrogen and oxygen atoms in total. The normalized spacial score (nSPS) is 12.6. The largest absolute Gasteiger partial charge is 0.329 e. The zero-order valence-electron chi connectivity index (χ0n) is 18.6. The van der Waals surface area contributed by atoms with E-state index in [9.17, 15) is 4.89 Å². The molecule has 164 valence electrons. The second-order valence-corrected chi connectivity index (χ2v) is 8.91. The lowest BCUT2D eigenvalue weighted by atomic mass is 10.1. The summed E-state index contributed by atoms with van der Waals surface area (Å²) in [5.41, 5.74) is 0. The van der Waals surface area contributed by atoms with Crippen LogP contribution < -0.4 is 0 Å². The van der Waals surface area contributed by atoms with Crippen LogP contribution >= 0.6 is 8.60 Å². The molecule has 1 atom stereocenters. The first-order valence-corrected chi connectivity index (χ1v) is 13.2. The Morgan fingerprint density at radius 3 is 1.00 bits per heavy atom. The standard InChI is InChI=1S/C23H49O3P/c1-3-5-7-9-11-13-14-15-17-19-21-23-26-27(24)25-22-20-18-16-12-10-8-6-4-2/h24H,3-23H2,1-2H3. The van der Waals surface area contributed by atoms with E-state index in [0.717, 1.165) is 12.8 Å². The summed E-state index contributed by atoms with van der Waals surface area (Å²) in [6.45, 7) is 5.79. The van der Waals surface area contributed by atoms with E-state index >= 15 is 0 Å². The summed E-state index contributed by atoms with van der Waals surface area (Å²) in [6, 6.07) is 0. The molecule has 0 bridgehead atoms. The Morgan fingerprint density at radius 1 is 0.444 bits per heavy atom. The summed E-state index contributed by atoms with van der Waals surface area (Å²) in [5, 5.41) is 0. The van der Waals surface area contributed by atoms with Crippen molar-refractivity contribution in [3.63, 3.8) is 0 Å². The van der Waals surface area contributed by atoms with Gasteiger partial charge in [0, 0.05) is 0 Å². The minimum Gasteiger partial charge on any atom is -0.328 e. The van der Waals surface area contributed by atoms with Gasteiger partial charge in [0.2, 0.25) is 0 Å². The third-order valence-corrected chi connectivity index (χ3v) is 5.96. The molecule has 27 heavy (non-hydrogen) atoms. The van der Waals surface area contributed by atoms with Crippen molar-refractivity contribution in [1.29, 1.82) is 0 Å². The molecule has 0 saturated carbocycles. The van der Waals surface area contributed by atoms with E-state index in [1.54, 1.807) is 0 Å². The lowest BCUT2D eigenvalue weighted by molar-refractivity contribution is 0.193. The maximum Gasteiger partial charge on any atom is 0.329 e. The molecule has 0 aliphatic carbocycles. The summed E-state index contributed by atoms with van der Waals surface area (Å²) in [6.07, 6.45) is 24.9. The summed E-state index contributed by atoms with van der Waals surface area (Å²) in [5.74, 6) is 0. The molecule has 0 aliphatic rings. The van der Waals surface area contributed by atoms with Gasteiger partial charge >= 0.3 is 8.60 Å². The fourth-order valence-corrected chi connectivity index (χ4v) is 3.97. The predicted octanol–water partition coefficient (Wildman–Crippen LogP) is 8.69. The van der Waals surface area contributed by atoms with Crippen LogP contribution in [0.25, 0.3) is 0 Å². The minimum absolute atomic E-state index is 0.634. The lowest BCUT2D eigenvalue weighted by Gasteiger charge is -2.10. The average molecular weight is 405 g/mol. The minimum atomic E-state index is -1.65. The Kier molecular flexibility index (Phi) is 24.6. The van der Waals surface area contributed by atoms with E-state index in [4.69, 9.17) is 9.05 Å². The molecule has 0 aromatic carbocycles. The molecule has 0 heterocycles. The van der Waals surface area contributed by atoms with Crippen LogP contribution in [0.2, 0.25) is 0 Å². The first kappa shape index (κ1) is 27.3. The van der Waals surface area contributed by atoms with Crippen LogP contribution in [0.4, 0.5) is 0 Å². The molecule has 1 unspecified atom stereocenters. The first-order valence-electron chi connectivity index (χ1n) is 12.1. The van der Waals surface area contributed by atoms with Crippen LogP contribution in [0.3, 0.4) is 0 Å². The molecule has 0 aliphatic heterocycles. The molecule has 0 saturated heterocycles. The van der Waals surface area contributed by atoms with Crippen molar-refractivity contribution in [3.8, 4) is 0 Å². The fourth-order valence-electron chi connectivity index (χ4n) is 3.32. The van der Waals surface area contributed by atoms with Crippen LogP contribution in [0, 0.1) is 0 Å². The highest BCUT2D eigenvalue weighted by atomic mass is 31.2. The molecule has 0 radical (unpaired) electrons. The summed E-state index contributed by atoms with van der Waals surface area (Å²) >= 11 is 0. The van der Waals surface area contributed by atoms with Crippen molar-refractivity contribution in [1.82, 2.24) is 0 Å². The smallest absolute Gasteiger partial charge is 0.328 e. The van der Waals surface area contributed by atoms with Gasteiger partial charge in [-0.1, -0.05) is 123 Å². The molecule has 0 amide bonds. The van der Waals surface area contributed by atoms with Gasteiger partial charge in [-0.05, 0) is 12.8 Å². The molecule has 0 rings (SSSR count). The van der Waals surface area contributed by atoms with Gasteiger partial charge in [0.15, 0.2) is 0 Å². The van der Waals surface area contributed by atoms with E-state index < -0.39 is 8.60 Å². The third kappa shape index (κ3) is 24.3. The SMILES string of the molecule is CCCCCCCCCCCCCOP(O)OCCCCCCCCCC. The van der Waals surface area contributed by atoms with Crippen LogP contribution in [-0.2, 0) is 9.05 Å². The monoisotopic (exact) mass is 404 g/mol. The molecular formula is C23H49O3P. The van der Waals surface area contributed by atoms with Crippen molar-refractivity contribution in [3.05, 3.63) is 0 Å². The highest BCUT2D eigenvalue weighted by Crippen LogP contribution is 2.33. The van der Waals surface area contributed by atoms with Crippen molar-refractivity contribution < 1.29 is 13.9 Å². The van der Waals surface area contributed by atoms with Gasteiger partial charge in [-0.25, -0.2) is 0 Å². The highest BCUT2D eigenvalue weighted by Gasteiger charge is 2.05. The quantitative estimate of drug-likeness (QED) is 0.137. The average Bonchev–Trinajstić information content (AvgIpc) is 2.67. The number of hydrogen-bond acceptors (Lipinski definition) is 3. The van der Waals surface area contributed by atoms with Gasteiger partial charge in [-0.2, -0.15) is 0 Å². The molecule has 0 fully saturated rings. The molecule has 0 aromatic rings. The molecule has 4 heteroatoms. The van der Waals surface area contributed by atoms with E-state index in [-0.39, 0.29) is 0 Å². The molecule has 1 N–H and O–H groups in total. The molecule has 0 aromatic heterocycles. The predicted molar refractivity (Wildman–Crippen MR) is 120 cm³/mol. The number of hydrogen-bond donors (Lipinski definition) is 1. The second kappa shape index (κ2) is 24.3. The summed E-state index contributed by atoms with van der Waals surface area (Å²) < 4.78 is 10.8. The lowest BCUT2D eigenvalue weighted by Crippen LogP contribution is -1.95. The van der Waals surface area contributed by atoms with Crippen molar-refractivity contribution in [2.45, 2.75) is 136 Å². The maximum absolute atomic E-state index is 9.73. The Morgan fingerprint density at radius 2 is 0.704 bits per heavy atom. The topological polar surface area (TPSA) is 38.7 Å². The van der Waals surface area contributed by atoms with Crippen LogP contribution in [0.15, 0.2) is 0 Å². The fraction of sp³-hybridized carbons (Fsp3) is 1.00. The van der Waals surface area contributed by atoms with Crippen molar-refractivity contribution >= 4 is 8.60 Å². The maximum atomic E-state index is 9.73. The van der Waals surface area contributed by atoms with Gasteiger partial charge in [-0.15, -0.1) is 0 Å². The Labute approximate surface area is 172 Å². The highest BCUT2D eigenvalue weighted by molar-refractivity contribution is 7.40. The van der Waals surface area contributed by atoms with Crippen molar-refractivity contribution in [2.24, 2.45) is 0 Å². The third-order valence-electron chi connectivity index (χ3n) is 5.15. The van der Waals surface area contributed by atoms with E-state index in [1.165, 1.54) is 109 Å². The zero-order valence-corrected chi connectivity index (χ0v) is 19.5. The Bertz CT molecular complexity index is 264. The van der Waals surface area contributed by atoms with E-state index in [1.807, 2.05) is 0 Å². The van der Waals surface area contributed by atoms with Crippen LogP contribution in [0.1, 0.15) is 136 Å². The van der Waals surface area contributed by atoms with Gasteiger partial charge in [0.05, 0.1) is 13.2 Å². The molecular weight excluding hydrogens is 355 g/mol. The van der Waals surface area contributed by atoms with Gasteiger partial charge in [0.25, 0.3) is 0 Å². The van der Waals surface area contributed by atoms with Gasteiger partial charge in [-0.3, -0.25) is 0 Å². The summed E-state index contributed by atoms with van der Waals surface area (Å²) in [7, 11) is -1.65. The van der Waals surface area contributed by atoms with Crippen LogP contribution in [-0.4, -0.2) is 18.1 Å². The Hall–Kier alpha value is 0.310.